The van der Waals surface area contributed by atoms with Crippen molar-refractivity contribution in [3.8, 4) is 0 Å². The monoisotopic (exact) mass is 472 g/mol. The summed E-state index contributed by atoms with van der Waals surface area (Å²) in [4.78, 5) is 59.3. The molecule has 188 valence electrons. The molecule has 0 aromatic carbocycles. The molecule has 1 rings (SSSR count). The minimum atomic E-state index is -1.19. The van der Waals surface area contributed by atoms with Crippen LogP contribution < -0.4 is 10.6 Å². The van der Waals surface area contributed by atoms with Crippen molar-refractivity contribution >= 4 is 29.7 Å². The van der Waals surface area contributed by atoms with Gasteiger partial charge in [0.1, 0.15) is 18.8 Å². The fourth-order valence-electron chi connectivity index (χ4n) is 3.58. The summed E-state index contributed by atoms with van der Waals surface area (Å²) in [5.74, 6) is -2.77. The van der Waals surface area contributed by atoms with Crippen molar-refractivity contribution in [2.24, 2.45) is 0 Å². The van der Waals surface area contributed by atoms with Crippen LogP contribution in [0.3, 0.4) is 0 Å². The standard InChI is InChI=1S/C22H36N2O9/c1-6-7-8-9-10-11-18(29)24-22-19(23-13(2)25)21(32-16(5)28)20(31-15(4)27)17(33-22)12-30-14(3)26/h17,19-22H,6-12H2,1-5H3,(H,23,25)(H,24,29)/t17-,19-,20-,21-,22-/m1/s1. The van der Waals surface area contributed by atoms with E-state index in [4.69, 9.17) is 18.9 Å². The molecule has 0 spiro atoms. The van der Waals surface area contributed by atoms with Gasteiger partial charge in [-0.25, -0.2) is 0 Å². The number of unbranched alkanes of at least 4 members (excludes halogenated alkanes) is 4. The maximum absolute atomic E-state index is 12.6. The first-order valence-electron chi connectivity index (χ1n) is 11.2. The Morgan fingerprint density at radius 1 is 0.788 bits per heavy atom. The summed E-state index contributed by atoms with van der Waals surface area (Å²) in [7, 11) is 0. The summed E-state index contributed by atoms with van der Waals surface area (Å²) in [5.41, 5.74) is 0. The number of carbonyl (C=O) groups is 5. The van der Waals surface area contributed by atoms with Crippen LogP contribution in [0.2, 0.25) is 0 Å². The first kappa shape index (κ1) is 28.3. The molecular formula is C22H36N2O9. The zero-order valence-electron chi connectivity index (χ0n) is 20.0. The van der Waals surface area contributed by atoms with Crippen LogP contribution in [0, 0.1) is 0 Å². The fraction of sp³-hybridized carbons (Fsp3) is 0.773. The van der Waals surface area contributed by atoms with Gasteiger partial charge in [0, 0.05) is 34.1 Å². The van der Waals surface area contributed by atoms with E-state index in [1.165, 1.54) is 13.8 Å². The second kappa shape index (κ2) is 14.5. The van der Waals surface area contributed by atoms with Crippen LogP contribution in [-0.2, 0) is 42.9 Å². The average Bonchev–Trinajstić information content (AvgIpc) is 2.69. The Balaban J connectivity index is 3.12. The number of rotatable bonds is 12. The quantitative estimate of drug-likeness (QED) is 0.242. The highest BCUT2D eigenvalue weighted by atomic mass is 16.6. The first-order valence-corrected chi connectivity index (χ1v) is 11.2. The van der Waals surface area contributed by atoms with Crippen LogP contribution >= 0.6 is 0 Å². The van der Waals surface area contributed by atoms with E-state index in [-0.39, 0.29) is 18.9 Å². The molecule has 1 saturated heterocycles. The summed E-state index contributed by atoms with van der Waals surface area (Å²) in [5, 5.41) is 5.32. The van der Waals surface area contributed by atoms with Gasteiger partial charge in [0.2, 0.25) is 11.8 Å². The van der Waals surface area contributed by atoms with Gasteiger partial charge in [0.15, 0.2) is 18.4 Å². The SMILES string of the molecule is CCCCCCCC(=O)N[C@@H]1O[C@H](COC(C)=O)[C@@H](OC(C)=O)[C@H](OC(C)=O)[C@H]1NC(C)=O. The van der Waals surface area contributed by atoms with Crippen LogP contribution in [0.25, 0.3) is 0 Å². The number of amides is 2. The van der Waals surface area contributed by atoms with Crippen molar-refractivity contribution < 1.29 is 42.9 Å². The number of carbonyl (C=O) groups excluding carboxylic acids is 5. The van der Waals surface area contributed by atoms with Gasteiger partial charge < -0.3 is 29.6 Å². The average molecular weight is 473 g/mol. The van der Waals surface area contributed by atoms with E-state index < -0.39 is 54.4 Å². The van der Waals surface area contributed by atoms with Gasteiger partial charge >= 0.3 is 17.9 Å². The summed E-state index contributed by atoms with van der Waals surface area (Å²) in [6.45, 7) is 6.56. The zero-order chi connectivity index (χ0) is 25.0. The molecule has 0 aliphatic carbocycles. The van der Waals surface area contributed by atoms with Crippen molar-refractivity contribution in [2.75, 3.05) is 6.61 Å². The Bertz CT molecular complexity index is 697. The minimum absolute atomic E-state index is 0.247. The summed E-state index contributed by atoms with van der Waals surface area (Å²) in [6.07, 6.45) is 0.492. The van der Waals surface area contributed by atoms with E-state index in [0.717, 1.165) is 39.5 Å². The lowest BCUT2D eigenvalue weighted by molar-refractivity contribution is -0.228. The van der Waals surface area contributed by atoms with Crippen molar-refractivity contribution in [1.29, 1.82) is 0 Å². The highest BCUT2D eigenvalue weighted by molar-refractivity contribution is 5.77. The molecule has 2 amide bonds. The lowest BCUT2D eigenvalue weighted by atomic mass is 9.95. The third kappa shape index (κ3) is 10.6. The van der Waals surface area contributed by atoms with Crippen LogP contribution in [0.4, 0.5) is 0 Å². The Labute approximate surface area is 194 Å². The predicted octanol–water partition coefficient (Wildman–Crippen LogP) is 1.12. The number of hydrogen-bond donors (Lipinski definition) is 2. The van der Waals surface area contributed by atoms with Crippen LogP contribution in [-0.4, -0.2) is 66.9 Å². The Morgan fingerprint density at radius 2 is 1.39 bits per heavy atom. The fourth-order valence-corrected chi connectivity index (χ4v) is 3.58. The van der Waals surface area contributed by atoms with Crippen molar-refractivity contribution in [1.82, 2.24) is 10.6 Å². The smallest absolute Gasteiger partial charge is 0.303 e. The molecule has 0 aromatic rings. The van der Waals surface area contributed by atoms with E-state index >= 15 is 0 Å². The molecule has 1 heterocycles. The number of esters is 3. The molecule has 1 fully saturated rings. The van der Waals surface area contributed by atoms with Crippen molar-refractivity contribution in [2.45, 2.75) is 104 Å². The molecule has 0 bridgehead atoms. The first-order chi connectivity index (χ1) is 15.5. The van der Waals surface area contributed by atoms with Crippen LogP contribution in [0.15, 0.2) is 0 Å². The molecule has 0 saturated carbocycles. The molecule has 33 heavy (non-hydrogen) atoms. The van der Waals surface area contributed by atoms with Gasteiger partial charge in [-0.3, -0.25) is 24.0 Å². The molecule has 11 nitrogen and oxygen atoms in total. The molecular weight excluding hydrogens is 436 g/mol. The maximum atomic E-state index is 12.6. The lowest BCUT2D eigenvalue weighted by Gasteiger charge is -2.45. The Hall–Kier alpha value is -2.69. The van der Waals surface area contributed by atoms with Crippen LogP contribution in [0.5, 0.6) is 0 Å². The van der Waals surface area contributed by atoms with Crippen LogP contribution in [0.1, 0.15) is 73.1 Å². The molecule has 1 aliphatic heterocycles. The minimum Gasteiger partial charge on any atom is -0.463 e. The van der Waals surface area contributed by atoms with E-state index in [2.05, 4.69) is 17.6 Å². The summed E-state index contributed by atoms with van der Waals surface area (Å²) >= 11 is 0. The highest BCUT2D eigenvalue weighted by Gasteiger charge is 2.51. The second-order valence-electron chi connectivity index (χ2n) is 8.00. The second-order valence-corrected chi connectivity index (χ2v) is 8.00. The van der Waals surface area contributed by atoms with Crippen molar-refractivity contribution in [3.63, 3.8) is 0 Å². The van der Waals surface area contributed by atoms with E-state index in [0.29, 0.717) is 6.42 Å². The molecule has 0 radical (unpaired) electrons. The van der Waals surface area contributed by atoms with E-state index in [1.807, 2.05) is 0 Å². The van der Waals surface area contributed by atoms with Crippen molar-refractivity contribution in [3.05, 3.63) is 0 Å². The third-order valence-corrected chi connectivity index (χ3v) is 4.93. The Kier molecular flexibility index (Phi) is 12.4. The highest BCUT2D eigenvalue weighted by Crippen LogP contribution is 2.26. The number of hydrogen-bond acceptors (Lipinski definition) is 9. The number of ether oxygens (including phenoxy) is 4. The third-order valence-electron chi connectivity index (χ3n) is 4.93. The van der Waals surface area contributed by atoms with E-state index in [1.54, 1.807) is 0 Å². The van der Waals surface area contributed by atoms with Gasteiger partial charge in [-0.2, -0.15) is 0 Å². The normalized spacial score (nSPS) is 24.3. The van der Waals surface area contributed by atoms with Gasteiger partial charge in [-0.05, 0) is 6.42 Å². The largest absolute Gasteiger partial charge is 0.463 e. The topological polar surface area (TPSA) is 146 Å². The Morgan fingerprint density at radius 3 is 1.94 bits per heavy atom. The maximum Gasteiger partial charge on any atom is 0.303 e. The number of nitrogens with one attached hydrogen (secondary N) is 2. The molecule has 0 unspecified atom stereocenters. The summed E-state index contributed by atoms with van der Waals surface area (Å²) in [6, 6.07) is -1.05. The lowest BCUT2D eigenvalue weighted by Crippen LogP contribution is -2.69. The zero-order valence-corrected chi connectivity index (χ0v) is 20.0. The van der Waals surface area contributed by atoms with Gasteiger partial charge in [-0.15, -0.1) is 0 Å². The molecule has 1 aliphatic rings. The molecule has 0 aromatic heterocycles. The molecule has 11 heteroatoms. The predicted molar refractivity (Wildman–Crippen MR) is 116 cm³/mol. The molecule has 5 atom stereocenters. The van der Waals surface area contributed by atoms with Gasteiger partial charge in [-0.1, -0.05) is 32.6 Å². The van der Waals surface area contributed by atoms with E-state index in [9.17, 15) is 24.0 Å². The van der Waals surface area contributed by atoms with Gasteiger partial charge in [0.05, 0.1) is 0 Å². The summed E-state index contributed by atoms with van der Waals surface area (Å²) < 4.78 is 21.6. The van der Waals surface area contributed by atoms with Gasteiger partial charge in [0.25, 0.3) is 0 Å². The molecule has 2 N–H and O–H groups in total.